The maximum absolute atomic E-state index is 11.1. The predicted molar refractivity (Wildman–Crippen MR) is 40.6 cm³/mol. The number of nitrogens with zero attached hydrogens (tertiary/aromatic N) is 1. The van der Waals surface area contributed by atoms with E-state index >= 15 is 0 Å². The average molecular weight is 141 g/mol. The summed E-state index contributed by atoms with van der Waals surface area (Å²) in [6.45, 7) is 4.24. The molecule has 0 N–H and O–H groups in total. The summed E-state index contributed by atoms with van der Waals surface area (Å²) in [6.07, 6.45) is 1.89. The first-order chi connectivity index (χ1) is 4.61. The number of hydrogen-bond acceptors (Lipinski definition) is 1. The van der Waals surface area contributed by atoms with Crippen molar-refractivity contribution in [2.45, 2.75) is 32.7 Å². The molecule has 1 fully saturated rings. The Morgan fingerprint density at radius 1 is 1.50 bits per heavy atom. The maximum Gasteiger partial charge on any atom is 0.222 e. The number of rotatable bonds is 0. The van der Waals surface area contributed by atoms with E-state index in [4.69, 9.17) is 0 Å². The van der Waals surface area contributed by atoms with Gasteiger partial charge in [0.05, 0.1) is 0 Å². The van der Waals surface area contributed by atoms with Crippen molar-refractivity contribution in [2.75, 3.05) is 7.05 Å². The Kier molecular flexibility index (Phi) is 1.97. The van der Waals surface area contributed by atoms with Crippen molar-refractivity contribution in [1.29, 1.82) is 0 Å². The van der Waals surface area contributed by atoms with E-state index < -0.39 is 0 Å². The van der Waals surface area contributed by atoms with E-state index in [9.17, 15) is 4.79 Å². The molecular weight excluding hydrogens is 126 g/mol. The normalized spacial score (nSPS) is 34.7. The molecule has 0 aromatic carbocycles. The molecule has 58 valence electrons. The van der Waals surface area contributed by atoms with Crippen LogP contribution in [-0.4, -0.2) is 23.9 Å². The zero-order valence-electron chi connectivity index (χ0n) is 6.92. The minimum absolute atomic E-state index is 0.297. The molecule has 1 aliphatic rings. The third kappa shape index (κ3) is 1.31. The smallest absolute Gasteiger partial charge is 0.222 e. The van der Waals surface area contributed by atoms with Gasteiger partial charge in [0.1, 0.15) is 0 Å². The van der Waals surface area contributed by atoms with Crippen LogP contribution >= 0.6 is 0 Å². The molecule has 0 aliphatic carbocycles. The summed E-state index contributed by atoms with van der Waals surface area (Å²) in [5.74, 6) is 0.880. The molecule has 0 unspecified atom stereocenters. The molecule has 1 saturated heterocycles. The zero-order chi connectivity index (χ0) is 7.72. The SMILES string of the molecule is C[C@H]1CC(=O)N(C)[C@H](C)C1. The lowest BCUT2D eigenvalue weighted by Gasteiger charge is -2.33. The Morgan fingerprint density at radius 2 is 2.10 bits per heavy atom. The number of carbonyl (C=O) groups is 1. The number of carbonyl (C=O) groups excluding carboxylic acids is 1. The van der Waals surface area contributed by atoms with Crippen LogP contribution in [0.15, 0.2) is 0 Å². The summed E-state index contributed by atoms with van der Waals surface area (Å²) in [6, 6.07) is 0.441. The first-order valence-corrected chi connectivity index (χ1v) is 3.87. The summed E-state index contributed by atoms with van der Waals surface area (Å²) in [7, 11) is 1.89. The molecule has 2 atom stereocenters. The second kappa shape index (κ2) is 2.60. The second-order valence-corrected chi connectivity index (χ2v) is 3.40. The van der Waals surface area contributed by atoms with Gasteiger partial charge in [-0.25, -0.2) is 0 Å². The highest BCUT2D eigenvalue weighted by Gasteiger charge is 2.25. The van der Waals surface area contributed by atoms with Gasteiger partial charge in [0.2, 0.25) is 5.91 Å². The highest BCUT2D eigenvalue weighted by Crippen LogP contribution is 2.21. The number of amides is 1. The number of piperidine rings is 1. The summed E-state index contributed by atoms with van der Waals surface area (Å²) >= 11 is 0. The van der Waals surface area contributed by atoms with Gasteiger partial charge in [-0.3, -0.25) is 4.79 Å². The van der Waals surface area contributed by atoms with Crippen molar-refractivity contribution in [3.8, 4) is 0 Å². The topological polar surface area (TPSA) is 20.3 Å². The van der Waals surface area contributed by atoms with Crippen LogP contribution in [0.2, 0.25) is 0 Å². The Morgan fingerprint density at radius 3 is 2.60 bits per heavy atom. The molecule has 1 aliphatic heterocycles. The standard InChI is InChI=1S/C8H15NO/c1-6-4-7(2)9(3)8(10)5-6/h6-7H,4-5H2,1-3H3/t6-,7-/m1/s1. The second-order valence-electron chi connectivity index (χ2n) is 3.40. The Hall–Kier alpha value is -0.530. The van der Waals surface area contributed by atoms with E-state index in [1.807, 2.05) is 11.9 Å². The average Bonchev–Trinajstić information content (AvgIpc) is 1.82. The summed E-state index contributed by atoms with van der Waals surface area (Å²) in [5.41, 5.74) is 0. The van der Waals surface area contributed by atoms with Gasteiger partial charge in [-0.1, -0.05) is 6.92 Å². The van der Waals surface area contributed by atoms with Crippen molar-refractivity contribution in [3.05, 3.63) is 0 Å². The zero-order valence-corrected chi connectivity index (χ0v) is 6.92. The largest absolute Gasteiger partial charge is 0.343 e. The van der Waals surface area contributed by atoms with Gasteiger partial charge in [0, 0.05) is 19.5 Å². The van der Waals surface area contributed by atoms with E-state index in [0.29, 0.717) is 17.9 Å². The summed E-state index contributed by atoms with van der Waals surface area (Å²) in [5, 5.41) is 0. The molecule has 2 nitrogen and oxygen atoms in total. The van der Waals surface area contributed by atoms with Gasteiger partial charge in [0.25, 0.3) is 0 Å². The minimum Gasteiger partial charge on any atom is -0.343 e. The maximum atomic E-state index is 11.1. The van der Waals surface area contributed by atoms with Crippen LogP contribution in [0.25, 0.3) is 0 Å². The number of hydrogen-bond donors (Lipinski definition) is 0. The third-order valence-electron chi connectivity index (χ3n) is 2.32. The highest BCUT2D eigenvalue weighted by molar-refractivity contribution is 5.77. The van der Waals surface area contributed by atoms with E-state index in [-0.39, 0.29) is 0 Å². The first-order valence-electron chi connectivity index (χ1n) is 3.87. The molecule has 0 saturated carbocycles. The van der Waals surface area contributed by atoms with E-state index in [1.54, 1.807) is 0 Å². The monoisotopic (exact) mass is 141 g/mol. The molecule has 1 amide bonds. The fourth-order valence-electron chi connectivity index (χ4n) is 1.51. The van der Waals surface area contributed by atoms with E-state index in [1.165, 1.54) is 0 Å². The molecule has 1 heterocycles. The Labute approximate surface area is 62.2 Å². The highest BCUT2D eigenvalue weighted by atomic mass is 16.2. The molecule has 0 radical (unpaired) electrons. The molecule has 10 heavy (non-hydrogen) atoms. The van der Waals surface area contributed by atoms with Crippen LogP contribution < -0.4 is 0 Å². The molecule has 1 rings (SSSR count). The van der Waals surface area contributed by atoms with Crippen LogP contribution in [0.3, 0.4) is 0 Å². The molecule has 0 aromatic rings. The van der Waals surface area contributed by atoms with Crippen LogP contribution in [0.4, 0.5) is 0 Å². The van der Waals surface area contributed by atoms with Crippen molar-refractivity contribution >= 4 is 5.91 Å². The third-order valence-corrected chi connectivity index (χ3v) is 2.32. The fraction of sp³-hybridized carbons (Fsp3) is 0.875. The van der Waals surface area contributed by atoms with Crippen LogP contribution in [0.5, 0.6) is 0 Å². The van der Waals surface area contributed by atoms with Crippen molar-refractivity contribution in [2.24, 2.45) is 5.92 Å². The van der Waals surface area contributed by atoms with Crippen LogP contribution in [0, 0.1) is 5.92 Å². The van der Waals surface area contributed by atoms with Gasteiger partial charge < -0.3 is 4.90 Å². The molecular formula is C8H15NO. The predicted octanol–water partition coefficient (Wildman–Crippen LogP) is 1.26. The van der Waals surface area contributed by atoms with Crippen molar-refractivity contribution < 1.29 is 4.79 Å². The van der Waals surface area contributed by atoms with Crippen LogP contribution in [0.1, 0.15) is 26.7 Å². The fourth-order valence-corrected chi connectivity index (χ4v) is 1.51. The van der Waals surface area contributed by atoms with E-state index in [0.717, 1.165) is 12.8 Å². The quantitative estimate of drug-likeness (QED) is 0.497. The first kappa shape index (κ1) is 7.58. The lowest BCUT2D eigenvalue weighted by molar-refractivity contribution is -0.135. The lowest BCUT2D eigenvalue weighted by atomic mass is 9.93. The van der Waals surface area contributed by atoms with Gasteiger partial charge in [-0.2, -0.15) is 0 Å². The molecule has 0 spiro atoms. The minimum atomic E-state index is 0.297. The molecule has 0 bridgehead atoms. The lowest BCUT2D eigenvalue weighted by Crippen LogP contribution is -2.41. The van der Waals surface area contributed by atoms with Crippen molar-refractivity contribution in [3.63, 3.8) is 0 Å². The van der Waals surface area contributed by atoms with Gasteiger partial charge in [-0.05, 0) is 19.3 Å². The Balaban J connectivity index is 2.57. The summed E-state index contributed by atoms with van der Waals surface area (Å²) in [4.78, 5) is 13.0. The van der Waals surface area contributed by atoms with Crippen molar-refractivity contribution in [1.82, 2.24) is 4.90 Å². The van der Waals surface area contributed by atoms with E-state index in [2.05, 4.69) is 13.8 Å². The molecule has 0 aromatic heterocycles. The summed E-state index contributed by atoms with van der Waals surface area (Å²) < 4.78 is 0. The van der Waals surface area contributed by atoms with Crippen LogP contribution in [-0.2, 0) is 4.79 Å². The van der Waals surface area contributed by atoms with Gasteiger partial charge in [-0.15, -0.1) is 0 Å². The molecule has 2 heteroatoms. The van der Waals surface area contributed by atoms with Gasteiger partial charge >= 0.3 is 0 Å². The van der Waals surface area contributed by atoms with Gasteiger partial charge in [0.15, 0.2) is 0 Å². The Bertz CT molecular complexity index is 144. The number of likely N-dealkylation sites (tertiary alicyclic amines) is 1.